The van der Waals surface area contributed by atoms with Crippen LogP contribution in [0.25, 0.3) is 6.08 Å². The zero-order chi connectivity index (χ0) is 17.7. The molecule has 2 amide bonds. The topological polar surface area (TPSA) is 49.4 Å². The highest BCUT2D eigenvalue weighted by Gasteiger charge is 2.07. The zero-order valence-electron chi connectivity index (χ0n) is 14.5. The monoisotopic (exact) mass is 322 g/mol. The summed E-state index contributed by atoms with van der Waals surface area (Å²) in [6, 6.07) is 12.9. The van der Waals surface area contributed by atoms with Crippen LogP contribution < -0.4 is 5.32 Å². The lowest BCUT2D eigenvalue weighted by molar-refractivity contribution is -0.111. The molecule has 1 N–H and O–H groups in total. The summed E-state index contributed by atoms with van der Waals surface area (Å²) in [5, 5.41) is 2.79. The van der Waals surface area contributed by atoms with Crippen molar-refractivity contribution in [3.05, 3.63) is 70.8 Å². The Morgan fingerprint density at radius 3 is 2.25 bits per heavy atom. The SMILES string of the molecule is Cc1ccc(/C=C/C(=O)Nc2ccc(C(=O)N(C)C)cc2)c(C)c1. The van der Waals surface area contributed by atoms with E-state index in [4.69, 9.17) is 0 Å². The minimum Gasteiger partial charge on any atom is -0.345 e. The maximum absolute atomic E-state index is 12.0. The molecule has 0 radical (unpaired) electrons. The lowest BCUT2D eigenvalue weighted by Gasteiger charge is -2.10. The molecule has 0 aromatic heterocycles. The largest absolute Gasteiger partial charge is 0.345 e. The number of anilines is 1. The average Bonchev–Trinajstić information content (AvgIpc) is 2.54. The third-order valence-electron chi connectivity index (χ3n) is 3.65. The second-order valence-electron chi connectivity index (χ2n) is 5.96. The number of carbonyl (C=O) groups excluding carboxylic acids is 2. The number of nitrogens with one attached hydrogen (secondary N) is 1. The molecule has 0 fully saturated rings. The van der Waals surface area contributed by atoms with E-state index in [2.05, 4.69) is 11.4 Å². The molecule has 0 spiro atoms. The summed E-state index contributed by atoms with van der Waals surface area (Å²) < 4.78 is 0. The van der Waals surface area contributed by atoms with Gasteiger partial charge in [-0.05, 0) is 55.3 Å². The normalized spacial score (nSPS) is 10.7. The highest BCUT2D eigenvalue weighted by Crippen LogP contribution is 2.13. The first-order valence-electron chi connectivity index (χ1n) is 7.75. The molecular weight excluding hydrogens is 300 g/mol. The molecule has 4 nitrogen and oxygen atoms in total. The van der Waals surface area contributed by atoms with E-state index in [0.29, 0.717) is 11.3 Å². The second kappa shape index (κ2) is 7.59. The van der Waals surface area contributed by atoms with Crippen molar-refractivity contribution in [3.8, 4) is 0 Å². The van der Waals surface area contributed by atoms with Crippen molar-refractivity contribution in [1.29, 1.82) is 0 Å². The molecule has 0 saturated heterocycles. The number of carbonyl (C=O) groups is 2. The molecule has 0 aliphatic carbocycles. The van der Waals surface area contributed by atoms with Crippen LogP contribution in [0.5, 0.6) is 0 Å². The lowest BCUT2D eigenvalue weighted by atomic mass is 10.1. The molecule has 0 unspecified atom stereocenters. The van der Waals surface area contributed by atoms with Crippen LogP contribution in [0.3, 0.4) is 0 Å². The van der Waals surface area contributed by atoms with E-state index < -0.39 is 0 Å². The van der Waals surface area contributed by atoms with Crippen LogP contribution in [-0.4, -0.2) is 30.8 Å². The van der Waals surface area contributed by atoms with Crippen LogP contribution in [0.2, 0.25) is 0 Å². The van der Waals surface area contributed by atoms with Crippen LogP contribution in [-0.2, 0) is 4.79 Å². The molecule has 4 heteroatoms. The summed E-state index contributed by atoms with van der Waals surface area (Å²) in [6.07, 6.45) is 3.31. The standard InChI is InChI=1S/C20H22N2O2/c1-14-5-6-16(15(2)13-14)9-12-19(23)21-18-10-7-17(8-11-18)20(24)22(3)4/h5-13H,1-4H3,(H,21,23)/b12-9+. The van der Waals surface area contributed by atoms with Crippen molar-refractivity contribution in [2.24, 2.45) is 0 Å². The van der Waals surface area contributed by atoms with Crippen molar-refractivity contribution < 1.29 is 9.59 Å². The van der Waals surface area contributed by atoms with Gasteiger partial charge in [-0.1, -0.05) is 23.8 Å². The minimum atomic E-state index is -0.207. The first-order chi connectivity index (χ1) is 11.4. The Kier molecular flexibility index (Phi) is 5.53. The van der Waals surface area contributed by atoms with Crippen LogP contribution >= 0.6 is 0 Å². The molecule has 124 valence electrons. The molecule has 0 aliphatic rings. The van der Waals surface area contributed by atoms with Crippen molar-refractivity contribution >= 4 is 23.6 Å². The van der Waals surface area contributed by atoms with Gasteiger partial charge >= 0.3 is 0 Å². The molecule has 0 heterocycles. The van der Waals surface area contributed by atoms with Crippen LogP contribution in [0.1, 0.15) is 27.0 Å². The van der Waals surface area contributed by atoms with Gasteiger partial charge in [0.15, 0.2) is 0 Å². The van der Waals surface area contributed by atoms with Crippen LogP contribution in [0, 0.1) is 13.8 Å². The molecule has 0 saturated carbocycles. The van der Waals surface area contributed by atoms with Gasteiger partial charge in [-0.3, -0.25) is 9.59 Å². The van der Waals surface area contributed by atoms with E-state index in [0.717, 1.165) is 11.1 Å². The van der Waals surface area contributed by atoms with Crippen molar-refractivity contribution in [3.63, 3.8) is 0 Å². The van der Waals surface area contributed by atoms with Crippen LogP contribution in [0.15, 0.2) is 48.5 Å². The number of amides is 2. The number of hydrogen-bond acceptors (Lipinski definition) is 2. The minimum absolute atomic E-state index is 0.0670. The van der Waals surface area contributed by atoms with E-state index in [1.54, 1.807) is 44.4 Å². The van der Waals surface area contributed by atoms with Gasteiger partial charge in [0.25, 0.3) is 5.91 Å². The maximum Gasteiger partial charge on any atom is 0.253 e. The highest BCUT2D eigenvalue weighted by molar-refractivity contribution is 6.02. The number of rotatable bonds is 4. The smallest absolute Gasteiger partial charge is 0.253 e. The maximum atomic E-state index is 12.0. The Bertz CT molecular complexity index is 775. The van der Waals surface area contributed by atoms with Crippen molar-refractivity contribution in [2.75, 3.05) is 19.4 Å². The number of aryl methyl sites for hydroxylation is 2. The predicted octanol–water partition coefficient (Wildman–Crippen LogP) is 3.66. The molecule has 0 bridgehead atoms. The van der Waals surface area contributed by atoms with E-state index in [1.165, 1.54) is 16.5 Å². The van der Waals surface area contributed by atoms with E-state index in [-0.39, 0.29) is 11.8 Å². The molecular formula is C20H22N2O2. The molecule has 2 rings (SSSR count). The fourth-order valence-corrected chi connectivity index (χ4v) is 2.32. The fraction of sp³-hybridized carbons (Fsp3) is 0.200. The predicted molar refractivity (Wildman–Crippen MR) is 98.0 cm³/mol. The van der Waals surface area contributed by atoms with Gasteiger partial charge in [0.1, 0.15) is 0 Å². The van der Waals surface area contributed by atoms with Crippen molar-refractivity contribution in [2.45, 2.75) is 13.8 Å². The summed E-state index contributed by atoms with van der Waals surface area (Å²) in [7, 11) is 3.41. The Labute approximate surface area is 142 Å². The van der Waals surface area contributed by atoms with E-state index in [1.807, 2.05) is 26.0 Å². The van der Waals surface area contributed by atoms with Crippen molar-refractivity contribution in [1.82, 2.24) is 4.90 Å². The Morgan fingerprint density at radius 2 is 1.67 bits per heavy atom. The van der Waals surface area contributed by atoms with Gasteiger partial charge in [0.2, 0.25) is 5.91 Å². The lowest BCUT2D eigenvalue weighted by Crippen LogP contribution is -2.21. The molecule has 24 heavy (non-hydrogen) atoms. The molecule has 2 aromatic rings. The third-order valence-corrected chi connectivity index (χ3v) is 3.65. The molecule has 0 aliphatic heterocycles. The first-order valence-corrected chi connectivity index (χ1v) is 7.75. The van der Waals surface area contributed by atoms with Gasteiger partial charge in [-0.2, -0.15) is 0 Å². The first kappa shape index (κ1) is 17.5. The average molecular weight is 322 g/mol. The number of hydrogen-bond donors (Lipinski definition) is 1. The Hall–Kier alpha value is -2.88. The Balaban J connectivity index is 2.02. The molecule has 0 atom stereocenters. The van der Waals surface area contributed by atoms with Crippen LogP contribution in [0.4, 0.5) is 5.69 Å². The summed E-state index contributed by atoms with van der Waals surface area (Å²) >= 11 is 0. The fourth-order valence-electron chi connectivity index (χ4n) is 2.32. The highest BCUT2D eigenvalue weighted by atomic mass is 16.2. The van der Waals surface area contributed by atoms with Gasteiger partial charge in [0.05, 0.1) is 0 Å². The Morgan fingerprint density at radius 1 is 1.00 bits per heavy atom. The quantitative estimate of drug-likeness (QED) is 0.873. The second-order valence-corrected chi connectivity index (χ2v) is 5.96. The number of nitrogens with zero attached hydrogens (tertiary/aromatic N) is 1. The van der Waals surface area contributed by atoms with Gasteiger partial charge < -0.3 is 10.2 Å². The molecule has 2 aromatic carbocycles. The van der Waals surface area contributed by atoms with Gasteiger partial charge in [-0.25, -0.2) is 0 Å². The zero-order valence-corrected chi connectivity index (χ0v) is 14.5. The van der Waals surface area contributed by atoms with E-state index in [9.17, 15) is 9.59 Å². The van der Waals surface area contributed by atoms with E-state index >= 15 is 0 Å². The summed E-state index contributed by atoms with van der Waals surface area (Å²) in [4.78, 5) is 25.4. The summed E-state index contributed by atoms with van der Waals surface area (Å²) in [6.45, 7) is 4.06. The third kappa shape index (κ3) is 4.56. The van der Waals surface area contributed by atoms with Gasteiger partial charge in [0, 0.05) is 31.4 Å². The summed E-state index contributed by atoms with van der Waals surface area (Å²) in [5.41, 5.74) is 4.58. The number of benzene rings is 2. The van der Waals surface area contributed by atoms with Gasteiger partial charge in [-0.15, -0.1) is 0 Å². The summed E-state index contributed by atoms with van der Waals surface area (Å²) in [5.74, 6) is -0.274.